The van der Waals surface area contributed by atoms with Crippen LogP contribution in [0.25, 0.3) is 0 Å². The number of nitrogens with zero attached hydrogens (tertiary/aromatic N) is 1. The normalized spacial score (nSPS) is 32.9. The van der Waals surface area contributed by atoms with E-state index < -0.39 is 5.60 Å². The molecule has 1 amide bonds. The molecule has 1 aliphatic carbocycles. The number of carbonyl (C=O) groups excluding carboxylic acids is 1. The van der Waals surface area contributed by atoms with Crippen LogP contribution in [0.2, 0.25) is 0 Å². The van der Waals surface area contributed by atoms with Gasteiger partial charge < -0.3 is 14.4 Å². The molecule has 1 aliphatic heterocycles. The summed E-state index contributed by atoms with van der Waals surface area (Å²) in [7, 11) is 1.82. The fraction of sp³-hybridized carbons (Fsp3) is 0.917. The molecule has 1 unspecified atom stereocenters. The van der Waals surface area contributed by atoms with Crippen molar-refractivity contribution < 1.29 is 14.3 Å². The number of hydrogen-bond acceptors (Lipinski definition) is 3. The van der Waals surface area contributed by atoms with E-state index in [1.165, 1.54) is 0 Å². The Hall–Kier alpha value is -0.770. The minimum absolute atomic E-state index is 0.225. The molecule has 4 heteroatoms. The van der Waals surface area contributed by atoms with Gasteiger partial charge in [0.1, 0.15) is 5.60 Å². The summed E-state index contributed by atoms with van der Waals surface area (Å²) in [5, 5.41) is 0. The third kappa shape index (κ3) is 2.67. The topological polar surface area (TPSA) is 42.1 Å². The lowest BCUT2D eigenvalue weighted by Gasteiger charge is -2.31. The molecule has 4 nitrogen and oxygen atoms in total. The summed E-state index contributed by atoms with van der Waals surface area (Å²) in [6.45, 7) is 5.67. The van der Waals surface area contributed by atoms with E-state index in [4.69, 9.17) is 9.47 Å². The van der Waals surface area contributed by atoms with Gasteiger partial charge in [-0.1, -0.05) is 0 Å². The summed E-state index contributed by atoms with van der Waals surface area (Å²) >= 11 is 0. The Morgan fingerprint density at radius 2 is 2.00 bits per heavy atom. The molecule has 2 rings (SSSR count). The summed E-state index contributed by atoms with van der Waals surface area (Å²) in [6.07, 6.45) is 3.70. The van der Waals surface area contributed by atoms with Gasteiger partial charge in [0.05, 0.1) is 12.2 Å². The first-order valence-corrected chi connectivity index (χ1v) is 5.98. The largest absolute Gasteiger partial charge is 0.444 e. The number of rotatable bonds is 1. The molecule has 3 atom stereocenters. The van der Waals surface area contributed by atoms with Gasteiger partial charge in [-0.3, -0.25) is 0 Å². The zero-order chi connectivity index (χ0) is 11.9. The van der Waals surface area contributed by atoms with Crippen molar-refractivity contribution in [2.45, 2.75) is 63.9 Å². The van der Waals surface area contributed by atoms with E-state index in [-0.39, 0.29) is 12.1 Å². The predicted molar refractivity (Wildman–Crippen MR) is 60.3 cm³/mol. The Morgan fingerprint density at radius 1 is 1.31 bits per heavy atom. The lowest BCUT2D eigenvalue weighted by Crippen LogP contribution is -2.42. The molecule has 2 fully saturated rings. The van der Waals surface area contributed by atoms with E-state index in [1.54, 1.807) is 4.90 Å². The second-order valence-corrected chi connectivity index (χ2v) is 5.77. The first kappa shape index (κ1) is 11.7. The summed E-state index contributed by atoms with van der Waals surface area (Å²) < 4.78 is 10.8. The van der Waals surface area contributed by atoms with Gasteiger partial charge in [0.25, 0.3) is 0 Å². The van der Waals surface area contributed by atoms with Crippen LogP contribution in [0, 0.1) is 0 Å². The van der Waals surface area contributed by atoms with Crippen molar-refractivity contribution in [2.75, 3.05) is 7.05 Å². The van der Waals surface area contributed by atoms with Crippen LogP contribution in [0.4, 0.5) is 4.79 Å². The van der Waals surface area contributed by atoms with Crippen LogP contribution >= 0.6 is 0 Å². The molecule has 0 aromatic rings. The first-order chi connectivity index (χ1) is 7.37. The molecule has 92 valence electrons. The van der Waals surface area contributed by atoms with Crippen LogP contribution in [0.1, 0.15) is 40.0 Å². The van der Waals surface area contributed by atoms with Crippen molar-refractivity contribution in [3.8, 4) is 0 Å². The van der Waals surface area contributed by atoms with Crippen LogP contribution in [0.5, 0.6) is 0 Å². The maximum atomic E-state index is 11.8. The molecule has 0 bridgehead atoms. The monoisotopic (exact) mass is 227 g/mol. The molecule has 1 heterocycles. The Balaban J connectivity index is 1.86. The third-order valence-corrected chi connectivity index (χ3v) is 3.21. The van der Waals surface area contributed by atoms with Gasteiger partial charge in [0.15, 0.2) is 0 Å². The molecule has 0 radical (unpaired) electrons. The fourth-order valence-electron chi connectivity index (χ4n) is 2.22. The number of hydrogen-bond donors (Lipinski definition) is 0. The Labute approximate surface area is 96.9 Å². The molecule has 0 spiro atoms. The molecule has 0 aromatic heterocycles. The maximum Gasteiger partial charge on any atom is 0.410 e. The Morgan fingerprint density at radius 3 is 2.56 bits per heavy atom. The van der Waals surface area contributed by atoms with E-state index in [0.29, 0.717) is 12.2 Å². The van der Waals surface area contributed by atoms with Crippen LogP contribution in [0.3, 0.4) is 0 Å². The third-order valence-electron chi connectivity index (χ3n) is 3.21. The van der Waals surface area contributed by atoms with E-state index in [1.807, 2.05) is 27.8 Å². The second-order valence-electron chi connectivity index (χ2n) is 5.77. The lowest BCUT2D eigenvalue weighted by molar-refractivity contribution is 0.0195. The van der Waals surface area contributed by atoms with Crippen molar-refractivity contribution >= 4 is 6.09 Å². The van der Waals surface area contributed by atoms with Gasteiger partial charge in [-0.15, -0.1) is 0 Å². The van der Waals surface area contributed by atoms with Crippen molar-refractivity contribution in [3.05, 3.63) is 0 Å². The highest BCUT2D eigenvalue weighted by atomic mass is 16.6. The standard InChI is InChI=1S/C12H21NO3/c1-12(2,3)16-11(14)13(4)8-5-6-9-10(7-8)15-9/h8-10H,5-7H2,1-4H3/t8?,9-,10+/m1/s1. The molecule has 16 heavy (non-hydrogen) atoms. The molecule has 0 aromatic carbocycles. The van der Waals surface area contributed by atoms with Gasteiger partial charge >= 0.3 is 6.09 Å². The second kappa shape index (κ2) is 3.91. The number of ether oxygens (including phenoxy) is 2. The van der Waals surface area contributed by atoms with Crippen LogP contribution < -0.4 is 0 Å². The molecule has 2 aliphatic rings. The predicted octanol–water partition coefficient (Wildman–Crippen LogP) is 2.17. The molecule has 1 saturated carbocycles. The minimum atomic E-state index is -0.418. The fourth-order valence-corrected chi connectivity index (χ4v) is 2.22. The van der Waals surface area contributed by atoms with Crippen molar-refractivity contribution in [1.29, 1.82) is 0 Å². The zero-order valence-corrected chi connectivity index (χ0v) is 10.5. The van der Waals surface area contributed by atoms with Gasteiger partial charge in [-0.2, -0.15) is 0 Å². The summed E-state index contributed by atoms with van der Waals surface area (Å²) in [6, 6.07) is 0.276. The van der Waals surface area contributed by atoms with Crippen molar-refractivity contribution in [2.24, 2.45) is 0 Å². The SMILES string of the molecule is CN(C(=O)OC(C)(C)C)C1CC[C@H]2O[C@H]2C1. The van der Waals surface area contributed by atoms with E-state index in [9.17, 15) is 4.79 Å². The average Bonchev–Trinajstić information content (AvgIpc) is 2.91. The number of amides is 1. The summed E-state index contributed by atoms with van der Waals surface area (Å²) in [4.78, 5) is 13.6. The highest BCUT2D eigenvalue weighted by Gasteiger charge is 2.45. The quantitative estimate of drug-likeness (QED) is 0.645. The molecular weight excluding hydrogens is 206 g/mol. The van der Waals surface area contributed by atoms with Gasteiger partial charge in [-0.25, -0.2) is 4.79 Å². The Bertz CT molecular complexity index is 284. The van der Waals surface area contributed by atoms with E-state index in [2.05, 4.69) is 0 Å². The first-order valence-electron chi connectivity index (χ1n) is 5.98. The van der Waals surface area contributed by atoms with Crippen LogP contribution in [-0.2, 0) is 9.47 Å². The number of fused-ring (bicyclic) bond motifs is 1. The zero-order valence-electron chi connectivity index (χ0n) is 10.5. The van der Waals surface area contributed by atoms with E-state index in [0.717, 1.165) is 19.3 Å². The van der Waals surface area contributed by atoms with Crippen LogP contribution in [-0.4, -0.2) is 41.9 Å². The highest BCUT2D eigenvalue weighted by molar-refractivity contribution is 5.68. The minimum Gasteiger partial charge on any atom is -0.444 e. The van der Waals surface area contributed by atoms with Gasteiger partial charge in [-0.05, 0) is 40.0 Å². The van der Waals surface area contributed by atoms with Gasteiger partial charge in [0.2, 0.25) is 0 Å². The smallest absolute Gasteiger partial charge is 0.410 e. The maximum absolute atomic E-state index is 11.8. The molecule has 1 saturated heterocycles. The molecular formula is C12H21NO3. The molecule has 0 N–H and O–H groups in total. The number of carbonyl (C=O) groups is 1. The summed E-state index contributed by atoms with van der Waals surface area (Å²) in [5.41, 5.74) is -0.418. The lowest BCUT2D eigenvalue weighted by atomic mass is 9.95. The Kier molecular flexibility index (Phi) is 2.86. The number of epoxide rings is 1. The average molecular weight is 227 g/mol. The summed E-state index contributed by atoms with van der Waals surface area (Å²) in [5.74, 6) is 0. The highest BCUT2D eigenvalue weighted by Crippen LogP contribution is 2.38. The van der Waals surface area contributed by atoms with E-state index >= 15 is 0 Å². The van der Waals surface area contributed by atoms with Crippen molar-refractivity contribution in [1.82, 2.24) is 4.90 Å². The van der Waals surface area contributed by atoms with Crippen molar-refractivity contribution in [3.63, 3.8) is 0 Å². The van der Waals surface area contributed by atoms with Gasteiger partial charge in [0, 0.05) is 13.1 Å². The van der Waals surface area contributed by atoms with Crippen LogP contribution in [0.15, 0.2) is 0 Å².